The number of hydrogen-bond acceptors (Lipinski definition) is 2. The largest absolute Gasteiger partial charge is 0.356 e. The van der Waals surface area contributed by atoms with E-state index in [2.05, 4.69) is 64.3 Å². The van der Waals surface area contributed by atoms with Crippen molar-refractivity contribution in [1.29, 1.82) is 0 Å². The molecule has 0 saturated carbocycles. The second kappa shape index (κ2) is 6.10. The summed E-state index contributed by atoms with van der Waals surface area (Å²) in [5.74, 6) is 0.233. The molecular weight excluding hydrogens is 298 g/mol. The molecule has 2 aliphatic heterocycles. The van der Waals surface area contributed by atoms with Crippen molar-refractivity contribution in [2.45, 2.75) is 32.7 Å². The van der Waals surface area contributed by atoms with Crippen LogP contribution in [0.4, 0.5) is 0 Å². The third-order valence-corrected chi connectivity index (χ3v) is 5.71. The number of rotatable bonds is 3. The van der Waals surface area contributed by atoms with E-state index in [4.69, 9.17) is 0 Å². The molecule has 1 aromatic carbocycles. The first-order valence-electron chi connectivity index (χ1n) is 8.87. The Morgan fingerprint density at radius 2 is 1.92 bits per heavy atom. The van der Waals surface area contributed by atoms with Crippen LogP contribution < -0.4 is 5.32 Å². The summed E-state index contributed by atoms with van der Waals surface area (Å²) in [6.07, 6.45) is 5.12. The van der Waals surface area contributed by atoms with Gasteiger partial charge in [-0.05, 0) is 62.0 Å². The highest BCUT2D eigenvalue weighted by Gasteiger charge is 2.40. The lowest BCUT2D eigenvalue weighted by atomic mass is 9.77. The molecule has 1 aromatic heterocycles. The molecule has 24 heavy (non-hydrogen) atoms. The molecule has 1 spiro atoms. The Morgan fingerprint density at radius 3 is 2.62 bits per heavy atom. The van der Waals surface area contributed by atoms with Crippen LogP contribution in [-0.4, -0.2) is 35.0 Å². The van der Waals surface area contributed by atoms with Crippen molar-refractivity contribution in [3.63, 3.8) is 0 Å². The number of aromatic nitrogens is 1. The quantitative estimate of drug-likeness (QED) is 0.943. The van der Waals surface area contributed by atoms with E-state index in [-0.39, 0.29) is 11.3 Å². The summed E-state index contributed by atoms with van der Waals surface area (Å²) in [6, 6.07) is 12.9. The Kier molecular flexibility index (Phi) is 3.93. The summed E-state index contributed by atoms with van der Waals surface area (Å²) < 4.78 is 2.31. The molecule has 1 N–H and O–H groups in total. The highest BCUT2D eigenvalue weighted by molar-refractivity contribution is 5.79. The molecule has 0 atom stereocenters. The molecule has 0 bridgehead atoms. The molecule has 1 amide bonds. The van der Waals surface area contributed by atoms with Gasteiger partial charge < -0.3 is 9.88 Å². The van der Waals surface area contributed by atoms with Crippen LogP contribution in [0.1, 0.15) is 30.5 Å². The van der Waals surface area contributed by atoms with E-state index in [1.54, 1.807) is 0 Å². The lowest BCUT2D eigenvalue weighted by Gasteiger charge is -2.38. The average molecular weight is 323 g/mol. The highest BCUT2D eigenvalue weighted by Crippen LogP contribution is 2.37. The van der Waals surface area contributed by atoms with Gasteiger partial charge in [-0.15, -0.1) is 0 Å². The number of carbonyl (C=O) groups is 1. The van der Waals surface area contributed by atoms with E-state index in [1.807, 2.05) is 0 Å². The van der Waals surface area contributed by atoms with E-state index in [0.717, 1.165) is 45.4 Å². The first-order chi connectivity index (χ1) is 11.7. The lowest BCUT2D eigenvalue weighted by molar-refractivity contribution is -0.119. The second-order valence-electron chi connectivity index (χ2n) is 7.39. The molecule has 2 aliphatic rings. The Bertz CT molecular complexity index is 741. The number of likely N-dealkylation sites (tertiary alicyclic amines) is 1. The first-order valence-corrected chi connectivity index (χ1v) is 8.87. The molecule has 2 aromatic rings. The number of benzene rings is 1. The molecule has 126 valence electrons. The van der Waals surface area contributed by atoms with Gasteiger partial charge in [0.05, 0.1) is 0 Å². The van der Waals surface area contributed by atoms with Crippen LogP contribution in [-0.2, 0) is 11.3 Å². The smallest absolute Gasteiger partial charge is 0.220 e. The fourth-order valence-electron chi connectivity index (χ4n) is 4.13. The summed E-state index contributed by atoms with van der Waals surface area (Å²) >= 11 is 0. The van der Waals surface area contributed by atoms with E-state index < -0.39 is 0 Å². The minimum Gasteiger partial charge on any atom is -0.356 e. The van der Waals surface area contributed by atoms with Crippen molar-refractivity contribution in [3.8, 4) is 5.69 Å². The van der Waals surface area contributed by atoms with Crippen molar-refractivity contribution < 1.29 is 4.79 Å². The molecule has 0 radical (unpaired) electrons. The summed E-state index contributed by atoms with van der Waals surface area (Å²) in [6.45, 7) is 6.16. The highest BCUT2D eigenvalue weighted by atomic mass is 16.1. The second-order valence-corrected chi connectivity index (χ2v) is 7.39. The minimum atomic E-state index is 0.228. The topological polar surface area (TPSA) is 37.3 Å². The van der Waals surface area contributed by atoms with Gasteiger partial charge in [0.2, 0.25) is 5.91 Å². The number of aryl methyl sites for hydroxylation is 1. The van der Waals surface area contributed by atoms with Crippen LogP contribution in [0, 0.1) is 12.3 Å². The van der Waals surface area contributed by atoms with Gasteiger partial charge in [-0.25, -0.2) is 0 Å². The number of nitrogens with zero attached hydrogens (tertiary/aromatic N) is 2. The van der Waals surface area contributed by atoms with E-state index in [0.29, 0.717) is 0 Å². The van der Waals surface area contributed by atoms with Crippen LogP contribution in [0.5, 0.6) is 0 Å². The summed E-state index contributed by atoms with van der Waals surface area (Å²) in [5.41, 5.74) is 4.12. The predicted octanol–water partition coefficient (Wildman–Crippen LogP) is 2.89. The molecule has 2 saturated heterocycles. The minimum absolute atomic E-state index is 0.228. The molecule has 4 heteroatoms. The molecule has 0 aliphatic carbocycles. The standard InChI is InChI=1S/C20H25N3O/c1-16-5-2-3-7-18(16)23-10-4-6-17(23)14-22-11-8-20(9-12-22)13-19(24)21-15-20/h2-7,10H,8-9,11-15H2,1H3,(H,21,24). The predicted molar refractivity (Wildman–Crippen MR) is 95.1 cm³/mol. The number of carbonyl (C=O) groups excluding carboxylic acids is 1. The van der Waals surface area contributed by atoms with Crippen LogP contribution in [0.15, 0.2) is 42.6 Å². The number of piperidine rings is 1. The normalized spacial score (nSPS) is 20.5. The van der Waals surface area contributed by atoms with Gasteiger partial charge in [-0.1, -0.05) is 18.2 Å². The van der Waals surface area contributed by atoms with Gasteiger partial charge in [-0.2, -0.15) is 0 Å². The van der Waals surface area contributed by atoms with Gasteiger partial charge in [0.1, 0.15) is 0 Å². The van der Waals surface area contributed by atoms with Crippen molar-refractivity contribution in [2.24, 2.45) is 5.41 Å². The summed E-state index contributed by atoms with van der Waals surface area (Å²) in [4.78, 5) is 14.1. The van der Waals surface area contributed by atoms with Crippen molar-refractivity contribution in [2.75, 3.05) is 19.6 Å². The maximum absolute atomic E-state index is 11.6. The van der Waals surface area contributed by atoms with Crippen molar-refractivity contribution in [3.05, 3.63) is 53.9 Å². The fraction of sp³-hybridized carbons (Fsp3) is 0.450. The zero-order valence-electron chi connectivity index (χ0n) is 14.3. The number of para-hydroxylation sites is 1. The van der Waals surface area contributed by atoms with Gasteiger partial charge in [0.15, 0.2) is 0 Å². The third kappa shape index (κ3) is 2.86. The van der Waals surface area contributed by atoms with Crippen LogP contribution >= 0.6 is 0 Å². The zero-order valence-corrected chi connectivity index (χ0v) is 14.3. The molecule has 4 nitrogen and oxygen atoms in total. The maximum Gasteiger partial charge on any atom is 0.220 e. The van der Waals surface area contributed by atoms with E-state index in [9.17, 15) is 4.79 Å². The average Bonchev–Trinajstić information content (AvgIpc) is 3.18. The Hall–Kier alpha value is -2.07. The monoisotopic (exact) mass is 323 g/mol. The Morgan fingerprint density at radius 1 is 1.12 bits per heavy atom. The van der Waals surface area contributed by atoms with Gasteiger partial charge in [0, 0.05) is 37.1 Å². The van der Waals surface area contributed by atoms with Crippen LogP contribution in [0.25, 0.3) is 5.69 Å². The van der Waals surface area contributed by atoms with Gasteiger partial charge >= 0.3 is 0 Å². The summed E-state index contributed by atoms with van der Waals surface area (Å²) in [7, 11) is 0. The number of nitrogens with one attached hydrogen (secondary N) is 1. The fourth-order valence-corrected chi connectivity index (χ4v) is 4.13. The SMILES string of the molecule is Cc1ccccc1-n1cccc1CN1CCC2(CC1)CNC(=O)C2. The van der Waals surface area contributed by atoms with Gasteiger partial charge in [0.25, 0.3) is 0 Å². The molecule has 0 unspecified atom stereocenters. The molecule has 2 fully saturated rings. The third-order valence-electron chi connectivity index (χ3n) is 5.71. The van der Waals surface area contributed by atoms with Crippen molar-refractivity contribution >= 4 is 5.91 Å². The van der Waals surface area contributed by atoms with Crippen molar-refractivity contribution in [1.82, 2.24) is 14.8 Å². The summed E-state index contributed by atoms with van der Waals surface area (Å²) in [5, 5.41) is 3.02. The first kappa shape index (κ1) is 15.5. The van der Waals surface area contributed by atoms with Crippen LogP contribution in [0.2, 0.25) is 0 Å². The Labute approximate surface area is 143 Å². The zero-order chi connectivity index (χ0) is 16.6. The van der Waals surface area contributed by atoms with E-state index in [1.165, 1.54) is 16.9 Å². The van der Waals surface area contributed by atoms with Crippen LogP contribution in [0.3, 0.4) is 0 Å². The van der Waals surface area contributed by atoms with Gasteiger partial charge in [-0.3, -0.25) is 9.69 Å². The van der Waals surface area contributed by atoms with E-state index >= 15 is 0 Å². The lowest BCUT2D eigenvalue weighted by Crippen LogP contribution is -2.41. The molecular formula is C20H25N3O. The maximum atomic E-state index is 11.6. The molecule has 4 rings (SSSR count). The number of amides is 1. The number of hydrogen-bond donors (Lipinski definition) is 1. The molecule has 3 heterocycles. The Balaban J connectivity index is 1.45.